The number of primary sulfonamides is 1. The number of rotatable bonds is 3. The number of carbonyl (C=O) groups is 1. The van der Waals surface area contributed by atoms with Gasteiger partial charge in [-0.2, -0.15) is 4.72 Å². The number of anilines is 1. The highest BCUT2D eigenvalue weighted by atomic mass is 35.5. The molecule has 0 spiro atoms. The highest BCUT2D eigenvalue weighted by Gasteiger charge is 2.51. The summed E-state index contributed by atoms with van der Waals surface area (Å²) >= 11 is 5.73. The van der Waals surface area contributed by atoms with Gasteiger partial charge in [0.15, 0.2) is 0 Å². The van der Waals surface area contributed by atoms with Crippen LogP contribution in [0.15, 0.2) is 23.1 Å². The number of carboxylic acids is 1. The van der Waals surface area contributed by atoms with Gasteiger partial charge in [-0.05, 0) is 18.2 Å². The van der Waals surface area contributed by atoms with E-state index in [0.29, 0.717) is 0 Å². The van der Waals surface area contributed by atoms with E-state index in [1.54, 1.807) is 4.72 Å². The van der Waals surface area contributed by atoms with Gasteiger partial charge in [0.2, 0.25) is 25.0 Å². The summed E-state index contributed by atoms with van der Waals surface area (Å²) in [5, 5.41) is 16.3. The molecular formula is C9H10ClN3O6S2. The van der Waals surface area contributed by atoms with Gasteiger partial charge in [-0.15, -0.1) is 0 Å². The molecule has 2 rings (SSSR count). The Morgan fingerprint density at radius 1 is 1.43 bits per heavy atom. The van der Waals surface area contributed by atoms with Crippen LogP contribution in [0.4, 0.5) is 5.69 Å². The topological polar surface area (TPSA) is 156 Å². The van der Waals surface area contributed by atoms with E-state index in [-0.39, 0.29) is 15.6 Å². The second kappa shape index (κ2) is 4.81. The summed E-state index contributed by atoms with van der Waals surface area (Å²) in [6.07, 6.45) is -1.11. The number of hydrogen-bond donors (Lipinski definition) is 4. The Balaban J connectivity index is 2.71. The normalized spacial score (nSPS) is 23.9. The molecule has 1 aliphatic rings. The van der Waals surface area contributed by atoms with Crippen LogP contribution in [0.25, 0.3) is 0 Å². The van der Waals surface area contributed by atoms with E-state index in [4.69, 9.17) is 21.8 Å². The predicted molar refractivity (Wildman–Crippen MR) is 73.5 cm³/mol. The van der Waals surface area contributed by atoms with Gasteiger partial charge in [-0.1, -0.05) is 11.6 Å². The Hall–Kier alpha value is -1.40. The van der Waals surface area contributed by atoms with E-state index in [1.807, 2.05) is 0 Å². The second-order valence-electron chi connectivity index (χ2n) is 4.31. The van der Waals surface area contributed by atoms with Crippen LogP contribution in [-0.4, -0.2) is 32.9 Å². The van der Waals surface area contributed by atoms with E-state index in [9.17, 15) is 21.6 Å². The average Bonchev–Trinajstić information content (AvgIpc) is 2.24. The quantitative estimate of drug-likeness (QED) is 0.567. The standard InChI is InChI=1S/C9H10ClN3O6S2/c10-5-1-2-7-6(3-5)12-9(4-8(14)15,21(11,18)19)13-20(7,16)17/h1-3,12-13H,4H2,(H,14,15)(H2,11,18,19). The molecule has 1 unspecified atom stereocenters. The zero-order valence-electron chi connectivity index (χ0n) is 10.2. The number of hydrogen-bond acceptors (Lipinski definition) is 6. The Kier molecular flexibility index (Phi) is 3.66. The van der Waals surface area contributed by atoms with Crippen LogP contribution >= 0.6 is 11.6 Å². The first-order valence-electron chi connectivity index (χ1n) is 5.33. The van der Waals surface area contributed by atoms with E-state index in [1.165, 1.54) is 6.07 Å². The van der Waals surface area contributed by atoms with Gasteiger partial charge >= 0.3 is 5.97 Å². The van der Waals surface area contributed by atoms with Crippen molar-refractivity contribution in [1.29, 1.82) is 0 Å². The molecule has 12 heteroatoms. The second-order valence-corrected chi connectivity index (χ2v) is 8.19. The molecule has 5 N–H and O–H groups in total. The van der Waals surface area contributed by atoms with Gasteiger partial charge < -0.3 is 10.4 Å². The Morgan fingerprint density at radius 2 is 2.05 bits per heavy atom. The molecule has 1 heterocycles. The Bertz CT molecular complexity index is 822. The fourth-order valence-corrected chi connectivity index (χ4v) is 4.73. The number of fused-ring (bicyclic) bond motifs is 1. The SMILES string of the molecule is NS(=O)(=O)C1(CC(=O)O)Nc2cc(Cl)ccc2S(=O)(=O)N1. The summed E-state index contributed by atoms with van der Waals surface area (Å²) < 4.78 is 49.5. The van der Waals surface area contributed by atoms with Crippen molar-refractivity contribution in [1.82, 2.24) is 4.72 Å². The molecular weight excluding hydrogens is 346 g/mol. The van der Waals surface area contributed by atoms with Crippen molar-refractivity contribution in [2.45, 2.75) is 16.3 Å². The molecule has 0 radical (unpaired) electrons. The van der Waals surface area contributed by atoms with Gasteiger partial charge in [-0.3, -0.25) is 4.79 Å². The lowest BCUT2D eigenvalue weighted by atomic mass is 10.2. The van der Waals surface area contributed by atoms with Crippen molar-refractivity contribution in [2.75, 3.05) is 5.32 Å². The maximum atomic E-state index is 12.1. The molecule has 21 heavy (non-hydrogen) atoms. The highest BCUT2D eigenvalue weighted by Crippen LogP contribution is 2.34. The molecule has 1 aromatic carbocycles. The van der Waals surface area contributed by atoms with Crippen molar-refractivity contribution in [3.8, 4) is 0 Å². The fourth-order valence-electron chi connectivity index (χ4n) is 1.87. The number of aliphatic carboxylic acids is 1. The third-order valence-corrected chi connectivity index (χ3v) is 5.99. The van der Waals surface area contributed by atoms with Crippen molar-refractivity contribution >= 4 is 43.3 Å². The summed E-state index contributed by atoms with van der Waals surface area (Å²) in [7, 11) is -8.92. The third kappa shape index (κ3) is 2.82. The number of sulfonamides is 2. The van der Waals surface area contributed by atoms with Crippen molar-refractivity contribution in [3.05, 3.63) is 23.2 Å². The summed E-state index contributed by atoms with van der Waals surface area (Å²) in [4.78, 5) is 8.03. The molecule has 116 valence electrons. The van der Waals surface area contributed by atoms with Gasteiger partial charge in [-0.25, -0.2) is 22.0 Å². The molecule has 0 amide bonds. The molecule has 9 nitrogen and oxygen atoms in total. The number of carboxylic acid groups (broad SMARTS) is 1. The smallest absolute Gasteiger partial charge is 0.308 e. The van der Waals surface area contributed by atoms with E-state index < -0.39 is 37.4 Å². The van der Waals surface area contributed by atoms with Crippen LogP contribution in [0.1, 0.15) is 6.42 Å². The Morgan fingerprint density at radius 3 is 2.57 bits per heavy atom. The lowest BCUT2D eigenvalue weighted by Gasteiger charge is -2.36. The average molecular weight is 356 g/mol. The third-order valence-electron chi connectivity index (χ3n) is 2.75. The van der Waals surface area contributed by atoms with Gasteiger partial charge in [0.25, 0.3) is 0 Å². The number of nitrogens with two attached hydrogens (primary N) is 1. The molecule has 1 aliphatic heterocycles. The van der Waals surface area contributed by atoms with Gasteiger partial charge in [0.05, 0.1) is 12.1 Å². The van der Waals surface area contributed by atoms with Crippen molar-refractivity contribution < 1.29 is 26.7 Å². The van der Waals surface area contributed by atoms with Gasteiger partial charge in [0.1, 0.15) is 4.90 Å². The molecule has 1 atom stereocenters. The monoisotopic (exact) mass is 355 g/mol. The summed E-state index contributed by atoms with van der Waals surface area (Å²) in [5.74, 6) is -1.57. The van der Waals surface area contributed by atoms with E-state index in [2.05, 4.69) is 5.32 Å². The molecule has 0 bridgehead atoms. The number of benzene rings is 1. The summed E-state index contributed by atoms with van der Waals surface area (Å²) in [6.45, 7) is 0. The lowest BCUT2D eigenvalue weighted by Crippen LogP contribution is -2.65. The lowest BCUT2D eigenvalue weighted by molar-refractivity contribution is -0.137. The summed E-state index contributed by atoms with van der Waals surface area (Å²) in [5.41, 5.74) is -0.156. The highest BCUT2D eigenvalue weighted by molar-refractivity contribution is 7.94. The van der Waals surface area contributed by atoms with E-state index >= 15 is 0 Å². The molecule has 0 saturated carbocycles. The molecule has 0 saturated heterocycles. The minimum absolute atomic E-state index is 0.136. The number of nitrogens with one attached hydrogen (secondary N) is 2. The zero-order chi connectivity index (χ0) is 16.1. The first kappa shape index (κ1) is 16.0. The van der Waals surface area contributed by atoms with Crippen LogP contribution in [0.5, 0.6) is 0 Å². The maximum absolute atomic E-state index is 12.1. The van der Waals surface area contributed by atoms with E-state index in [0.717, 1.165) is 12.1 Å². The van der Waals surface area contributed by atoms with Crippen LogP contribution in [0.3, 0.4) is 0 Å². The van der Waals surface area contributed by atoms with Crippen molar-refractivity contribution in [3.63, 3.8) is 0 Å². The minimum Gasteiger partial charge on any atom is -0.481 e. The predicted octanol–water partition coefficient (Wildman–Crippen LogP) is -0.539. The molecule has 0 aromatic heterocycles. The van der Waals surface area contributed by atoms with Crippen LogP contribution in [0.2, 0.25) is 5.02 Å². The zero-order valence-corrected chi connectivity index (χ0v) is 12.6. The van der Waals surface area contributed by atoms with Crippen LogP contribution in [-0.2, 0) is 24.8 Å². The number of halogens is 1. The fraction of sp³-hybridized carbons (Fsp3) is 0.222. The molecule has 0 fully saturated rings. The molecule has 1 aromatic rings. The summed E-state index contributed by atoms with van der Waals surface area (Å²) in [6, 6.07) is 3.61. The minimum atomic E-state index is -4.63. The van der Waals surface area contributed by atoms with Gasteiger partial charge in [0, 0.05) is 5.02 Å². The van der Waals surface area contributed by atoms with Crippen LogP contribution < -0.4 is 15.2 Å². The first-order valence-corrected chi connectivity index (χ1v) is 8.73. The molecule has 0 aliphatic carbocycles. The maximum Gasteiger partial charge on any atom is 0.308 e. The largest absolute Gasteiger partial charge is 0.481 e. The van der Waals surface area contributed by atoms with Crippen molar-refractivity contribution in [2.24, 2.45) is 5.14 Å². The Labute approximate surface area is 125 Å². The first-order chi connectivity index (χ1) is 9.47. The van der Waals surface area contributed by atoms with Crippen LogP contribution in [0, 0.1) is 0 Å².